The molecule has 0 spiro atoms. The van der Waals surface area contributed by atoms with Crippen LogP contribution < -0.4 is 9.47 Å². The molecule has 5 nitrogen and oxygen atoms in total. The Bertz CT molecular complexity index is 908. The number of nitrogens with zero attached hydrogens (tertiary/aromatic N) is 1. The highest BCUT2D eigenvalue weighted by molar-refractivity contribution is 14.1. The molecular weight excluding hydrogens is 501 g/mol. The van der Waals surface area contributed by atoms with Gasteiger partial charge in [0.25, 0.3) is 0 Å². The van der Waals surface area contributed by atoms with Crippen molar-refractivity contribution >= 4 is 56.5 Å². The van der Waals surface area contributed by atoms with E-state index in [1.54, 1.807) is 32.4 Å². The van der Waals surface area contributed by atoms with Gasteiger partial charge in [-0.25, -0.2) is 9.79 Å². The number of esters is 1. The average molecular weight is 514 g/mol. The van der Waals surface area contributed by atoms with Crippen LogP contribution in [-0.4, -0.2) is 26.1 Å². The molecule has 0 saturated heterocycles. The molecule has 0 aliphatic carbocycles. The van der Waals surface area contributed by atoms with Gasteiger partial charge in [0, 0.05) is 13.6 Å². The predicted octanol–water partition coefficient (Wildman–Crippen LogP) is 4.42. The van der Waals surface area contributed by atoms with Crippen molar-refractivity contribution in [1.29, 1.82) is 0 Å². The van der Waals surface area contributed by atoms with Crippen LogP contribution in [0.25, 0.3) is 6.08 Å². The average Bonchev–Trinajstić information content (AvgIpc) is 2.97. The number of cyclic esters (lactones) is 1. The summed E-state index contributed by atoms with van der Waals surface area (Å²) in [4.78, 5) is 16.4. The zero-order valence-electron chi connectivity index (χ0n) is 13.4. The minimum absolute atomic E-state index is 0.233. The molecule has 0 amide bonds. The number of hydrogen-bond acceptors (Lipinski definition) is 5. The lowest BCUT2D eigenvalue weighted by molar-refractivity contribution is -0.129. The third-order valence-corrected chi connectivity index (χ3v) is 5.84. The van der Waals surface area contributed by atoms with Gasteiger partial charge >= 0.3 is 5.97 Å². The van der Waals surface area contributed by atoms with E-state index in [9.17, 15) is 4.79 Å². The van der Waals surface area contributed by atoms with Crippen LogP contribution in [0, 0.1) is 3.57 Å². The topological polar surface area (TPSA) is 57.1 Å². The molecule has 128 valence electrons. The highest BCUT2D eigenvalue weighted by atomic mass is 127. The molecule has 0 bridgehead atoms. The first-order valence-electron chi connectivity index (χ1n) is 7.22. The molecule has 0 unspecified atom stereocenters. The molecule has 1 heterocycles. The summed E-state index contributed by atoms with van der Waals surface area (Å²) in [6.07, 6.45) is 1.65. The zero-order chi connectivity index (χ0) is 18.0. The third-order valence-electron chi connectivity index (χ3n) is 3.50. The van der Waals surface area contributed by atoms with E-state index in [0.29, 0.717) is 11.5 Å². The van der Waals surface area contributed by atoms with Crippen LogP contribution in [0.4, 0.5) is 0 Å². The summed E-state index contributed by atoms with van der Waals surface area (Å²) in [6, 6.07) is 11.0. The SMILES string of the molecule is COc1ccc(/C=C2\N=C(c3ccc(I)c(Br)c3)OC2=O)cc1OC. The third kappa shape index (κ3) is 3.87. The van der Waals surface area contributed by atoms with Gasteiger partial charge in [0.15, 0.2) is 17.2 Å². The minimum atomic E-state index is -0.487. The molecule has 25 heavy (non-hydrogen) atoms. The van der Waals surface area contributed by atoms with E-state index < -0.39 is 5.97 Å². The van der Waals surface area contributed by atoms with E-state index >= 15 is 0 Å². The van der Waals surface area contributed by atoms with Crippen LogP contribution in [0.3, 0.4) is 0 Å². The van der Waals surface area contributed by atoms with Crippen molar-refractivity contribution in [3.05, 3.63) is 61.3 Å². The maximum atomic E-state index is 12.1. The van der Waals surface area contributed by atoms with Crippen LogP contribution in [0.1, 0.15) is 11.1 Å². The molecule has 0 fully saturated rings. The Balaban J connectivity index is 1.94. The number of aliphatic imine (C=N–C) groups is 1. The Hall–Kier alpha value is -1.87. The highest BCUT2D eigenvalue weighted by Gasteiger charge is 2.24. The lowest BCUT2D eigenvalue weighted by atomic mass is 10.1. The van der Waals surface area contributed by atoms with Crippen LogP contribution in [0.15, 0.2) is 51.6 Å². The second-order valence-electron chi connectivity index (χ2n) is 5.08. The van der Waals surface area contributed by atoms with Gasteiger partial charge in [0.2, 0.25) is 5.90 Å². The highest BCUT2D eigenvalue weighted by Crippen LogP contribution is 2.29. The van der Waals surface area contributed by atoms with Crippen molar-refractivity contribution in [2.24, 2.45) is 4.99 Å². The van der Waals surface area contributed by atoms with E-state index in [0.717, 1.165) is 19.2 Å². The fraction of sp³-hybridized carbons (Fsp3) is 0.111. The normalized spacial score (nSPS) is 15.1. The summed E-state index contributed by atoms with van der Waals surface area (Å²) in [6.45, 7) is 0. The van der Waals surface area contributed by atoms with Gasteiger partial charge in [0.1, 0.15) is 0 Å². The Morgan fingerprint density at radius 3 is 2.56 bits per heavy atom. The lowest BCUT2D eigenvalue weighted by Crippen LogP contribution is -2.05. The molecule has 0 radical (unpaired) electrons. The van der Waals surface area contributed by atoms with Gasteiger partial charge < -0.3 is 14.2 Å². The molecule has 2 aromatic rings. The number of rotatable bonds is 4. The summed E-state index contributed by atoms with van der Waals surface area (Å²) in [5, 5.41) is 0. The standard InChI is InChI=1S/C18H13BrINO4/c1-23-15-6-3-10(8-16(15)24-2)7-14-18(22)25-17(21-14)11-4-5-13(20)12(19)9-11/h3-9H,1-2H3/b14-7-. The molecule has 0 saturated carbocycles. The van der Waals surface area contributed by atoms with E-state index in [1.807, 2.05) is 24.3 Å². The first kappa shape index (κ1) is 17.9. The van der Waals surface area contributed by atoms with Crippen LogP contribution >= 0.6 is 38.5 Å². The molecule has 2 aromatic carbocycles. The zero-order valence-corrected chi connectivity index (χ0v) is 17.1. The quantitative estimate of drug-likeness (QED) is 0.345. The Morgan fingerprint density at radius 2 is 1.88 bits per heavy atom. The van der Waals surface area contributed by atoms with Crippen molar-refractivity contribution in [3.63, 3.8) is 0 Å². The molecule has 0 atom stereocenters. The molecule has 0 aromatic heterocycles. The van der Waals surface area contributed by atoms with Crippen molar-refractivity contribution < 1.29 is 19.0 Å². The minimum Gasteiger partial charge on any atom is -0.493 e. The first-order chi connectivity index (χ1) is 12.0. The van der Waals surface area contributed by atoms with Gasteiger partial charge in [-0.1, -0.05) is 6.07 Å². The predicted molar refractivity (Wildman–Crippen MR) is 107 cm³/mol. The monoisotopic (exact) mass is 513 g/mol. The molecule has 7 heteroatoms. The number of hydrogen-bond donors (Lipinski definition) is 0. The number of benzene rings is 2. The summed E-state index contributed by atoms with van der Waals surface area (Å²) in [7, 11) is 3.13. The molecular formula is C18H13BrINO4. The fourth-order valence-corrected chi connectivity index (χ4v) is 2.98. The number of carbonyl (C=O) groups is 1. The molecule has 0 N–H and O–H groups in total. The molecule has 1 aliphatic heterocycles. The summed E-state index contributed by atoms with van der Waals surface area (Å²) < 4.78 is 17.8. The lowest BCUT2D eigenvalue weighted by Gasteiger charge is -2.07. The Labute approximate surface area is 167 Å². The van der Waals surface area contributed by atoms with Gasteiger partial charge in [0.05, 0.1) is 14.2 Å². The van der Waals surface area contributed by atoms with Crippen LogP contribution in [0.2, 0.25) is 0 Å². The van der Waals surface area contributed by atoms with Crippen molar-refractivity contribution in [2.75, 3.05) is 14.2 Å². The number of halogens is 2. The molecule has 3 rings (SSSR count). The van der Waals surface area contributed by atoms with Crippen LogP contribution in [-0.2, 0) is 9.53 Å². The van der Waals surface area contributed by atoms with E-state index in [1.165, 1.54) is 0 Å². The summed E-state index contributed by atoms with van der Waals surface area (Å²) in [5.41, 5.74) is 1.73. The summed E-state index contributed by atoms with van der Waals surface area (Å²) in [5.74, 6) is 0.994. The van der Waals surface area contributed by atoms with E-state index in [2.05, 4.69) is 43.5 Å². The van der Waals surface area contributed by atoms with Gasteiger partial charge in [-0.3, -0.25) is 0 Å². The smallest absolute Gasteiger partial charge is 0.363 e. The van der Waals surface area contributed by atoms with Gasteiger partial charge in [-0.15, -0.1) is 0 Å². The number of ether oxygens (including phenoxy) is 3. The fourth-order valence-electron chi connectivity index (χ4n) is 2.26. The number of carbonyl (C=O) groups excluding carboxylic acids is 1. The van der Waals surface area contributed by atoms with Crippen molar-refractivity contribution in [1.82, 2.24) is 0 Å². The van der Waals surface area contributed by atoms with E-state index in [4.69, 9.17) is 14.2 Å². The van der Waals surface area contributed by atoms with Crippen LogP contribution in [0.5, 0.6) is 11.5 Å². The van der Waals surface area contributed by atoms with E-state index in [-0.39, 0.29) is 11.6 Å². The number of methoxy groups -OCH3 is 2. The second kappa shape index (κ2) is 7.57. The first-order valence-corrected chi connectivity index (χ1v) is 9.09. The maximum absolute atomic E-state index is 12.1. The maximum Gasteiger partial charge on any atom is 0.363 e. The van der Waals surface area contributed by atoms with Crippen molar-refractivity contribution in [3.8, 4) is 11.5 Å². The largest absolute Gasteiger partial charge is 0.493 e. The summed E-state index contributed by atoms with van der Waals surface area (Å²) >= 11 is 5.68. The molecule has 1 aliphatic rings. The second-order valence-corrected chi connectivity index (χ2v) is 7.10. The van der Waals surface area contributed by atoms with Gasteiger partial charge in [-0.05, 0) is 80.5 Å². The Kier molecular flexibility index (Phi) is 5.43. The Morgan fingerprint density at radius 1 is 1.12 bits per heavy atom. The van der Waals surface area contributed by atoms with Gasteiger partial charge in [-0.2, -0.15) is 0 Å². The van der Waals surface area contributed by atoms with Crippen molar-refractivity contribution in [2.45, 2.75) is 0 Å².